The van der Waals surface area contributed by atoms with Gasteiger partial charge in [-0.2, -0.15) is 5.10 Å². The summed E-state index contributed by atoms with van der Waals surface area (Å²) in [6.45, 7) is 0. The van der Waals surface area contributed by atoms with Crippen molar-refractivity contribution in [1.82, 2.24) is 9.38 Å². The van der Waals surface area contributed by atoms with Gasteiger partial charge in [-0.15, -0.1) is 0 Å². The molecule has 3 rings (SSSR count). The van der Waals surface area contributed by atoms with Crippen molar-refractivity contribution in [1.29, 1.82) is 0 Å². The third-order valence-corrected chi connectivity index (χ3v) is 3.80. The third-order valence-electron chi connectivity index (χ3n) is 3.16. The number of aromatic nitrogens is 2. The van der Waals surface area contributed by atoms with Crippen LogP contribution in [0.3, 0.4) is 0 Å². The molecule has 1 aromatic carbocycles. The summed E-state index contributed by atoms with van der Waals surface area (Å²) >= 11 is 2.27. The van der Waals surface area contributed by atoms with E-state index in [-0.39, 0.29) is 0 Å². The van der Waals surface area contributed by atoms with E-state index in [0.717, 1.165) is 32.4 Å². The minimum atomic E-state index is -0.506. The SMILES string of the molecule is COC(=O)/C=N/Nc1ccc(-c2cn3cc(I)ccc3n2)cc1. The van der Waals surface area contributed by atoms with Gasteiger partial charge in [0.25, 0.3) is 0 Å². The first kappa shape index (κ1) is 15.5. The molecule has 0 aliphatic rings. The standard InChI is InChI=1S/C16H13IN4O2/c1-23-16(22)8-18-20-13-5-2-11(3-6-13)14-10-21-9-12(17)4-7-15(21)19-14/h2-10,20H,1H3/b18-8+. The summed E-state index contributed by atoms with van der Waals surface area (Å²) in [6.07, 6.45) is 5.11. The molecule has 7 heteroatoms. The lowest BCUT2D eigenvalue weighted by Crippen LogP contribution is -2.02. The molecule has 23 heavy (non-hydrogen) atoms. The number of esters is 1. The van der Waals surface area contributed by atoms with Crippen molar-refractivity contribution in [2.45, 2.75) is 0 Å². The molecule has 6 nitrogen and oxygen atoms in total. The van der Waals surface area contributed by atoms with Crippen molar-refractivity contribution >= 4 is 46.1 Å². The Labute approximate surface area is 146 Å². The second-order valence-corrected chi connectivity index (χ2v) is 5.96. The van der Waals surface area contributed by atoms with Crippen LogP contribution in [0.4, 0.5) is 5.69 Å². The average molecular weight is 420 g/mol. The number of methoxy groups -OCH3 is 1. The van der Waals surface area contributed by atoms with E-state index in [1.807, 2.05) is 53.2 Å². The minimum absolute atomic E-state index is 0.506. The molecule has 1 N–H and O–H groups in total. The van der Waals surface area contributed by atoms with Crippen molar-refractivity contribution in [2.75, 3.05) is 12.5 Å². The molecule has 0 amide bonds. The Bertz CT molecular complexity index is 871. The second kappa shape index (κ2) is 6.78. The number of pyridine rings is 1. The van der Waals surface area contributed by atoms with Crippen LogP contribution >= 0.6 is 22.6 Å². The average Bonchev–Trinajstić information content (AvgIpc) is 2.98. The van der Waals surface area contributed by atoms with Crippen LogP contribution < -0.4 is 5.43 Å². The van der Waals surface area contributed by atoms with Crippen LogP contribution in [-0.4, -0.2) is 28.7 Å². The van der Waals surface area contributed by atoms with Crippen molar-refractivity contribution < 1.29 is 9.53 Å². The number of hydrogen-bond acceptors (Lipinski definition) is 5. The lowest BCUT2D eigenvalue weighted by Gasteiger charge is -2.01. The van der Waals surface area contributed by atoms with Crippen LogP contribution in [0.25, 0.3) is 16.9 Å². The van der Waals surface area contributed by atoms with Crippen molar-refractivity contribution in [3.05, 3.63) is 52.4 Å². The number of hydrogen-bond donors (Lipinski definition) is 1. The Hall–Kier alpha value is -2.42. The summed E-state index contributed by atoms with van der Waals surface area (Å²) in [5, 5.41) is 3.79. The van der Waals surface area contributed by atoms with Gasteiger partial charge in [-0.3, -0.25) is 5.43 Å². The van der Waals surface area contributed by atoms with Gasteiger partial charge in [0.05, 0.1) is 18.5 Å². The van der Waals surface area contributed by atoms with E-state index in [4.69, 9.17) is 0 Å². The zero-order chi connectivity index (χ0) is 16.2. The number of carbonyl (C=O) groups excluding carboxylic acids is 1. The summed E-state index contributed by atoms with van der Waals surface area (Å²) < 4.78 is 7.62. The van der Waals surface area contributed by atoms with Crippen LogP contribution in [0.15, 0.2) is 53.9 Å². The van der Waals surface area contributed by atoms with E-state index in [1.165, 1.54) is 7.11 Å². The Morgan fingerprint density at radius 2 is 2.04 bits per heavy atom. The number of imidazole rings is 1. The van der Waals surface area contributed by atoms with E-state index >= 15 is 0 Å². The smallest absolute Gasteiger partial charge is 0.350 e. The van der Waals surface area contributed by atoms with Gasteiger partial charge in [-0.1, -0.05) is 12.1 Å². The molecule has 2 heterocycles. The lowest BCUT2D eigenvalue weighted by atomic mass is 10.1. The van der Waals surface area contributed by atoms with E-state index in [1.54, 1.807) is 0 Å². The first-order valence-electron chi connectivity index (χ1n) is 6.77. The molecule has 0 aliphatic heterocycles. The fourth-order valence-electron chi connectivity index (χ4n) is 2.03. The third kappa shape index (κ3) is 3.67. The van der Waals surface area contributed by atoms with Gasteiger partial charge >= 0.3 is 5.97 Å². The Kier molecular flexibility index (Phi) is 4.56. The quantitative estimate of drug-likeness (QED) is 0.305. The Morgan fingerprint density at radius 3 is 2.78 bits per heavy atom. The molecule has 2 aromatic heterocycles. The van der Waals surface area contributed by atoms with Crippen LogP contribution in [-0.2, 0) is 9.53 Å². The number of hydrazone groups is 1. The first-order chi connectivity index (χ1) is 11.2. The maximum absolute atomic E-state index is 10.9. The lowest BCUT2D eigenvalue weighted by molar-refractivity contribution is -0.132. The van der Waals surface area contributed by atoms with E-state index in [9.17, 15) is 4.79 Å². The Balaban J connectivity index is 1.78. The van der Waals surface area contributed by atoms with Crippen molar-refractivity contribution in [3.63, 3.8) is 0 Å². The van der Waals surface area contributed by atoms with Gasteiger partial charge in [-0.25, -0.2) is 9.78 Å². The first-order valence-corrected chi connectivity index (χ1v) is 7.85. The molecule has 0 unspecified atom stereocenters. The van der Waals surface area contributed by atoms with Crippen LogP contribution in [0, 0.1) is 3.57 Å². The minimum Gasteiger partial charge on any atom is -0.465 e. The highest BCUT2D eigenvalue weighted by Crippen LogP contribution is 2.21. The predicted molar refractivity (Wildman–Crippen MR) is 97.5 cm³/mol. The molecule has 0 saturated carbocycles. The zero-order valence-corrected chi connectivity index (χ0v) is 14.4. The molecule has 0 aliphatic carbocycles. The van der Waals surface area contributed by atoms with E-state index < -0.39 is 5.97 Å². The number of halogens is 1. The molecular weight excluding hydrogens is 407 g/mol. The summed E-state index contributed by atoms with van der Waals surface area (Å²) in [4.78, 5) is 15.5. The second-order valence-electron chi connectivity index (χ2n) is 4.71. The number of fused-ring (bicyclic) bond motifs is 1. The zero-order valence-electron chi connectivity index (χ0n) is 12.2. The number of rotatable bonds is 4. The summed E-state index contributed by atoms with van der Waals surface area (Å²) in [5.74, 6) is -0.506. The van der Waals surface area contributed by atoms with Crippen LogP contribution in [0.1, 0.15) is 0 Å². The maximum atomic E-state index is 10.9. The summed E-state index contributed by atoms with van der Waals surface area (Å²) in [6, 6.07) is 11.7. The van der Waals surface area contributed by atoms with Gasteiger partial charge in [0.15, 0.2) is 0 Å². The van der Waals surface area contributed by atoms with E-state index in [0.29, 0.717) is 0 Å². The maximum Gasteiger partial charge on any atom is 0.350 e. The van der Waals surface area contributed by atoms with Gasteiger partial charge in [0.2, 0.25) is 0 Å². The number of carbonyl (C=O) groups is 1. The highest BCUT2D eigenvalue weighted by molar-refractivity contribution is 14.1. The molecule has 116 valence electrons. The van der Waals surface area contributed by atoms with Crippen LogP contribution in [0.2, 0.25) is 0 Å². The monoisotopic (exact) mass is 420 g/mol. The normalized spacial score (nSPS) is 11.0. The van der Waals surface area contributed by atoms with Crippen molar-refractivity contribution in [3.8, 4) is 11.3 Å². The summed E-state index contributed by atoms with van der Waals surface area (Å²) in [5.41, 5.74) is 6.35. The van der Waals surface area contributed by atoms with Gasteiger partial charge in [-0.05, 0) is 46.9 Å². The number of nitrogens with one attached hydrogen (secondary N) is 1. The highest BCUT2D eigenvalue weighted by atomic mass is 127. The fraction of sp³-hybridized carbons (Fsp3) is 0.0625. The highest BCUT2D eigenvalue weighted by Gasteiger charge is 2.04. The number of benzene rings is 1. The molecular formula is C16H13IN4O2. The van der Waals surface area contributed by atoms with Crippen molar-refractivity contribution in [2.24, 2.45) is 5.10 Å². The fourth-order valence-corrected chi connectivity index (χ4v) is 2.51. The van der Waals surface area contributed by atoms with Gasteiger partial charge < -0.3 is 9.14 Å². The Morgan fingerprint density at radius 1 is 1.26 bits per heavy atom. The molecule has 0 spiro atoms. The number of anilines is 1. The van der Waals surface area contributed by atoms with Gasteiger partial charge in [0, 0.05) is 21.5 Å². The number of ether oxygens (including phenoxy) is 1. The van der Waals surface area contributed by atoms with Gasteiger partial charge in [0.1, 0.15) is 11.9 Å². The molecule has 0 radical (unpaired) electrons. The molecule has 0 bridgehead atoms. The molecule has 3 aromatic rings. The molecule has 0 fully saturated rings. The molecule has 0 saturated heterocycles. The summed E-state index contributed by atoms with van der Waals surface area (Å²) in [7, 11) is 1.30. The topological polar surface area (TPSA) is 68.0 Å². The van der Waals surface area contributed by atoms with Crippen LogP contribution in [0.5, 0.6) is 0 Å². The molecule has 0 atom stereocenters. The largest absolute Gasteiger partial charge is 0.465 e. The number of nitrogens with zero attached hydrogens (tertiary/aromatic N) is 3. The predicted octanol–water partition coefficient (Wildman–Crippen LogP) is 3.18. The van der Waals surface area contributed by atoms with E-state index in [2.05, 4.69) is 42.8 Å².